The molecule has 2 fully saturated rings. The number of carbonyl (C=O) groups excluding carboxylic acids is 1. The van der Waals surface area contributed by atoms with Crippen molar-refractivity contribution in [3.05, 3.63) is 71.8 Å². The predicted octanol–water partition coefficient (Wildman–Crippen LogP) is 2.01. The van der Waals surface area contributed by atoms with Gasteiger partial charge in [-0.1, -0.05) is 60.7 Å². The molecule has 2 N–H and O–H groups in total. The number of fused-ring (bicyclic) bond motifs is 2. The van der Waals surface area contributed by atoms with Crippen molar-refractivity contribution in [1.29, 1.82) is 0 Å². The van der Waals surface area contributed by atoms with Crippen molar-refractivity contribution in [1.82, 2.24) is 9.80 Å². The Labute approximate surface area is 187 Å². The topological polar surface area (TPSA) is 98.2 Å². The van der Waals surface area contributed by atoms with E-state index in [1.807, 2.05) is 70.5 Å². The molecule has 0 aromatic heterocycles. The van der Waals surface area contributed by atoms with E-state index in [1.54, 1.807) is 13.8 Å². The van der Waals surface area contributed by atoms with Gasteiger partial charge in [0.2, 0.25) is 0 Å². The van der Waals surface area contributed by atoms with Crippen LogP contribution in [0.1, 0.15) is 25.0 Å². The summed E-state index contributed by atoms with van der Waals surface area (Å²) in [6, 6.07) is 17.2. The molecule has 0 amide bonds. The average molecular weight is 437 g/mol. The fourth-order valence-corrected chi connectivity index (χ4v) is 5.35. The molecular formula is C25H28N2O5. The minimum atomic E-state index is -1.04. The summed E-state index contributed by atoms with van der Waals surface area (Å²) in [6.45, 7) is 4.18. The molecule has 2 unspecified atom stereocenters. The third-order valence-corrected chi connectivity index (χ3v) is 7.22. The van der Waals surface area contributed by atoms with E-state index in [0.29, 0.717) is 0 Å². The molecule has 32 heavy (non-hydrogen) atoms. The molecule has 2 aliphatic rings. The summed E-state index contributed by atoms with van der Waals surface area (Å²) in [6.07, 6.45) is 0. The van der Waals surface area contributed by atoms with Crippen LogP contribution in [0.3, 0.4) is 0 Å². The van der Waals surface area contributed by atoms with Crippen molar-refractivity contribution in [2.45, 2.75) is 36.8 Å². The zero-order chi connectivity index (χ0) is 23.1. The number of piperidine rings is 2. The molecule has 2 heterocycles. The van der Waals surface area contributed by atoms with Crippen LogP contribution in [0.15, 0.2) is 60.7 Å². The van der Waals surface area contributed by atoms with Gasteiger partial charge in [-0.15, -0.1) is 0 Å². The lowest BCUT2D eigenvalue weighted by Crippen LogP contribution is -2.75. The highest BCUT2D eigenvalue weighted by molar-refractivity contribution is 6.02. The van der Waals surface area contributed by atoms with E-state index < -0.39 is 34.9 Å². The van der Waals surface area contributed by atoms with Crippen LogP contribution in [0, 0.1) is 0 Å². The Bertz CT molecular complexity index is 930. The summed E-state index contributed by atoms with van der Waals surface area (Å²) in [5.74, 6) is -1.86. The van der Waals surface area contributed by atoms with Crippen LogP contribution >= 0.6 is 0 Å². The van der Waals surface area contributed by atoms with Crippen molar-refractivity contribution >= 4 is 17.7 Å². The second-order valence-corrected chi connectivity index (χ2v) is 9.06. The van der Waals surface area contributed by atoms with Crippen molar-refractivity contribution in [3.63, 3.8) is 0 Å². The Morgan fingerprint density at radius 2 is 1.03 bits per heavy atom. The van der Waals surface area contributed by atoms with E-state index >= 15 is 0 Å². The van der Waals surface area contributed by atoms with Crippen LogP contribution < -0.4 is 0 Å². The van der Waals surface area contributed by atoms with Crippen LogP contribution in [0.4, 0.5) is 0 Å². The van der Waals surface area contributed by atoms with Crippen LogP contribution in [0.25, 0.3) is 0 Å². The largest absolute Gasteiger partial charge is 0.480 e. The summed E-state index contributed by atoms with van der Waals surface area (Å²) in [4.78, 5) is 42.0. The standard InChI is InChI=1S/C25H28N2O5/c1-17(21(28)29)26-13-24(19-9-5-3-6-10-19)15-27(18(2)22(30)31)16-25(14-26,23(24)32)20-11-7-4-8-12-20/h3-12,17-18H,13-16H2,1-2H3,(H,28,29)(H,30,31)/t17-,18+,24?,25?. The number of carboxylic acid groups (broad SMARTS) is 2. The van der Waals surface area contributed by atoms with Gasteiger partial charge in [0.15, 0.2) is 5.78 Å². The quantitative estimate of drug-likeness (QED) is 0.715. The number of carbonyl (C=O) groups is 3. The van der Waals surface area contributed by atoms with E-state index in [2.05, 4.69) is 0 Å². The lowest BCUT2D eigenvalue weighted by atomic mass is 9.57. The molecule has 2 bridgehead atoms. The van der Waals surface area contributed by atoms with Crippen molar-refractivity contribution in [2.75, 3.05) is 26.2 Å². The van der Waals surface area contributed by atoms with Crippen molar-refractivity contribution in [2.24, 2.45) is 0 Å². The lowest BCUT2D eigenvalue weighted by molar-refractivity contribution is -0.158. The summed E-state index contributed by atoms with van der Waals surface area (Å²) < 4.78 is 0. The normalized spacial score (nSPS) is 28.1. The molecule has 168 valence electrons. The molecule has 2 aromatic rings. The zero-order valence-electron chi connectivity index (χ0n) is 18.3. The van der Waals surface area contributed by atoms with E-state index in [4.69, 9.17) is 0 Å². The number of nitrogens with zero attached hydrogens (tertiary/aromatic N) is 2. The number of likely N-dealkylation sites (tertiary alicyclic amines) is 2. The lowest BCUT2D eigenvalue weighted by Gasteiger charge is -2.59. The molecule has 4 atom stereocenters. The average Bonchev–Trinajstić information content (AvgIpc) is 2.79. The first-order chi connectivity index (χ1) is 15.2. The maximum Gasteiger partial charge on any atom is 0.320 e. The van der Waals surface area contributed by atoms with Gasteiger partial charge in [-0.3, -0.25) is 24.2 Å². The van der Waals surface area contributed by atoms with Gasteiger partial charge in [-0.05, 0) is 25.0 Å². The number of hydrogen-bond acceptors (Lipinski definition) is 5. The Morgan fingerprint density at radius 1 is 0.719 bits per heavy atom. The second kappa shape index (κ2) is 8.15. The number of ketones is 1. The van der Waals surface area contributed by atoms with Crippen LogP contribution in [-0.2, 0) is 25.2 Å². The molecule has 0 aliphatic carbocycles. The maximum absolute atomic E-state index is 14.4. The Balaban J connectivity index is 1.95. The molecule has 0 saturated carbocycles. The molecule has 2 aromatic carbocycles. The summed E-state index contributed by atoms with van der Waals surface area (Å²) >= 11 is 0. The van der Waals surface area contributed by atoms with Gasteiger partial charge in [0.05, 0.1) is 10.8 Å². The van der Waals surface area contributed by atoms with Gasteiger partial charge < -0.3 is 10.2 Å². The number of hydrogen-bond donors (Lipinski definition) is 2. The van der Waals surface area contributed by atoms with Crippen molar-refractivity contribution in [3.8, 4) is 0 Å². The molecule has 7 nitrogen and oxygen atoms in total. The van der Waals surface area contributed by atoms with Gasteiger partial charge in [0.1, 0.15) is 12.1 Å². The minimum absolute atomic E-state index is 0.0325. The Hall–Kier alpha value is -3.03. The van der Waals surface area contributed by atoms with Crippen LogP contribution in [0.2, 0.25) is 0 Å². The van der Waals surface area contributed by atoms with Gasteiger partial charge in [-0.2, -0.15) is 0 Å². The first-order valence-corrected chi connectivity index (χ1v) is 10.8. The van der Waals surface area contributed by atoms with Crippen LogP contribution in [0.5, 0.6) is 0 Å². The zero-order valence-corrected chi connectivity index (χ0v) is 18.3. The molecule has 2 aliphatic heterocycles. The molecule has 2 saturated heterocycles. The minimum Gasteiger partial charge on any atom is -0.480 e. The number of carboxylic acids is 2. The van der Waals surface area contributed by atoms with E-state index in [-0.39, 0.29) is 32.0 Å². The fraction of sp³-hybridized carbons (Fsp3) is 0.400. The van der Waals surface area contributed by atoms with Crippen LogP contribution in [-0.4, -0.2) is 76.0 Å². The van der Waals surface area contributed by atoms with Gasteiger partial charge in [-0.25, -0.2) is 0 Å². The Kier molecular flexibility index (Phi) is 5.65. The number of benzene rings is 2. The van der Waals surface area contributed by atoms with Gasteiger partial charge in [0, 0.05) is 26.2 Å². The molecule has 0 radical (unpaired) electrons. The first-order valence-electron chi connectivity index (χ1n) is 10.8. The summed E-state index contributed by atoms with van der Waals surface area (Å²) in [7, 11) is 0. The molecule has 4 rings (SSSR count). The highest BCUT2D eigenvalue weighted by Crippen LogP contribution is 2.47. The number of rotatable bonds is 6. The monoisotopic (exact) mass is 436 g/mol. The smallest absolute Gasteiger partial charge is 0.320 e. The van der Waals surface area contributed by atoms with Gasteiger partial charge >= 0.3 is 11.9 Å². The van der Waals surface area contributed by atoms with E-state index in [0.717, 1.165) is 11.1 Å². The number of Topliss-reactive ketones (excluding diaryl/α,β-unsaturated/α-hetero) is 1. The van der Waals surface area contributed by atoms with E-state index in [9.17, 15) is 24.6 Å². The van der Waals surface area contributed by atoms with E-state index in [1.165, 1.54) is 0 Å². The predicted molar refractivity (Wildman–Crippen MR) is 119 cm³/mol. The fourth-order valence-electron chi connectivity index (χ4n) is 5.35. The third kappa shape index (κ3) is 3.42. The molecule has 7 heteroatoms. The maximum atomic E-state index is 14.4. The summed E-state index contributed by atoms with van der Waals surface area (Å²) in [5.41, 5.74) is -0.507. The summed E-state index contributed by atoms with van der Waals surface area (Å²) in [5, 5.41) is 19.5. The number of aliphatic carboxylic acids is 2. The molecular weight excluding hydrogens is 408 g/mol. The van der Waals surface area contributed by atoms with Gasteiger partial charge in [0.25, 0.3) is 0 Å². The SMILES string of the molecule is C[C@H](C(=O)O)N1CC2(c3ccccc3)CN([C@@H](C)C(=O)O)CC(c3ccccc3)(C1)C2=O. The first kappa shape index (κ1) is 22.2. The highest BCUT2D eigenvalue weighted by Gasteiger charge is 2.62. The highest BCUT2D eigenvalue weighted by atomic mass is 16.4. The Morgan fingerprint density at radius 3 is 1.31 bits per heavy atom. The second-order valence-electron chi connectivity index (χ2n) is 9.06. The molecule has 0 spiro atoms. The third-order valence-electron chi connectivity index (χ3n) is 7.22. The van der Waals surface area contributed by atoms with Crippen molar-refractivity contribution < 1.29 is 24.6 Å².